The van der Waals surface area contributed by atoms with E-state index >= 15 is 0 Å². The number of rotatable bonds is 7. The number of nitrogens with zero attached hydrogens (tertiary/aromatic N) is 2. The molecule has 1 amide bonds. The zero-order chi connectivity index (χ0) is 15.1. The summed E-state index contributed by atoms with van der Waals surface area (Å²) in [6.45, 7) is 5.98. The second-order valence-electron chi connectivity index (χ2n) is 4.92. The van der Waals surface area contributed by atoms with E-state index in [1.54, 1.807) is 11.2 Å². The van der Waals surface area contributed by atoms with E-state index in [0.29, 0.717) is 19.0 Å². The van der Waals surface area contributed by atoms with Crippen LogP contribution in [0.2, 0.25) is 0 Å². The van der Waals surface area contributed by atoms with E-state index in [1.807, 2.05) is 43.3 Å². The molecule has 1 aromatic carbocycles. The van der Waals surface area contributed by atoms with E-state index < -0.39 is 0 Å². The first-order valence-electron chi connectivity index (χ1n) is 7.08. The lowest BCUT2D eigenvalue weighted by molar-refractivity contribution is -0.119. The fourth-order valence-corrected chi connectivity index (χ4v) is 2.03. The van der Waals surface area contributed by atoms with Gasteiger partial charge >= 0.3 is 6.01 Å². The monoisotopic (exact) mass is 284 g/mol. The fourth-order valence-electron chi connectivity index (χ4n) is 2.03. The van der Waals surface area contributed by atoms with Gasteiger partial charge in [0.05, 0.1) is 12.2 Å². The van der Waals surface area contributed by atoms with Crippen molar-refractivity contribution in [3.8, 4) is 0 Å². The van der Waals surface area contributed by atoms with E-state index in [2.05, 4.69) is 11.6 Å². The average molecular weight is 284 g/mol. The summed E-state index contributed by atoms with van der Waals surface area (Å²) < 4.78 is 5.40. The number of carbonyl (C=O) groups is 1. The van der Waals surface area contributed by atoms with Crippen LogP contribution in [0.3, 0.4) is 0 Å². The molecule has 0 N–H and O–H groups in total. The molecule has 0 fully saturated rings. The van der Waals surface area contributed by atoms with Crippen LogP contribution in [-0.4, -0.2) is 10.9 Å². The molecule has 0 aliphatic carbocycles. The predicted octanol–water partition coefficient (Wildman–Crippen LogP) is 3.87. The zero-order valence-electron chi connectivity index (χ0n) is 12.3. The zero-order valence-corrected chi connectivity index (χ0v) is 12.3. The van der Waals surface area contributed by atoms with Crippen molar-refractivity contribution >= 4 is 11.9 Å². The van der Waals surface area contributed by atoms with Crippen LogP contribution in [0.4, 0.5) is 6.01 Å². The molecule has 0 saturated heterocycles. The Labute approximate surface area is 125 Å². The highest BCUT2D eigenvalue weighted by Crippen LogP contribution is 2.18. The van der Waals surface area contributed by atoms with Gasteiger partial charge in [-0.2, -0.15) is 4.98 Å². The van der Waals surface area contributed by atoms with E-state index in [9.17, 15) is 4.79 Å². The quantitative estimate of drug-likeness (QED) is 0.572. The molecule has 0 radical (unpaired) electrons. The first kappa shape index (κ1) is 15.0. The number of oxazole rings is 1. The Hall–Kier alpha value is -2.36. The molecule has 0 spiro atoms. The number of aryl methyl sites for hydroxylation is 1. The summed E-state index contributed by atoms with van der Waals surface area (Å²) in [5, 5.41) is 0. The Balaban J connectivity index is 2.14. The van der Waals surface area contributed by atoms with E-state index in [4.69, 9.17) is 4.42 Å². The molecule has 4 heteroatoms. The number of hydrogen-bond donors (Lipinski definition) is 0. The summed E-state index contributed by atoms with van der Waals surface area (Å²) in [5.74, 6) is 0.0163. The van der Waals surface area contributed by atoms with Gasteiger partial charge in [-0.05, 0) is 25.3 Å². The van der Waals surface area contributed by atoms with Crippen LogP contribution in [0.1, 0.15) is 30.5 Å². The standard InChI is InChI=1S/C17H20N2O2/c1-3-4-6-11-16(20)19(17-18-14(2)13-21-17)12-15-9-7-5-8-10-15/h3,5,7-10,13H,1,4,6,11-12H2,2H3. The molecule has 0 unspecified atom stereocenters. The summed E-state index contributed by atoms with van der Waals surface area (Å²) in [5.41, 5.74) is 1.81. The molecule has 0 aliphatic heterocycles. The number of benzene rings is 1. The Morgan fingerprint density at radius 2 is 2.14 bits per heavy atom. The minimum atomic E-state index is 0.0163. The second kappa shape index (κ2) is 7.43. The Morgan fingerprint density at radius 3 is 2.76 bits per heavy atom. The van der Waals surface area contributed by atoms with Crippen LogP contribution < -0.4 is 4.90 Å². The lowest BCUT2D eigenvalue weighted by Crippen LogP contribution is -2.30. The summed E-state index contributed by atoms with van der Waals surface area (Å²) in [7, 11) is 0. The van der Waals surface area contributed by atoms with Gasteiger partial charge in [0.2, 0.25) is 5.91 Å². The Bertz CT molecular complexity index is 590. The normalized spacial score (nSPS) is 10.3. The van der Waals surface area contributed by atoms with Crippen LogP contribution in [0.15, 0.2) is 53.7 Å². The number of amides is 1. The second-order valence-corrected chi connectivity index (χ2v) is 4.92. The smallest absolute Gasteiger partial charge is 0.304 e. The van der Waals surface area contributed by atoms with Crippen molar-refractivity contribution in [2.75, 3.05) is 4.90 Å². The molecular formula is C17H20N2O2. The van der Waals surface area contributed by atoms with E-state index in [-0.39, 0.29) is 5.91 Å². The molecule has 1 aromatic heterocycles. The van der Waals surface area contributed by atoms with Gasteiger partial charge in [0.15, 0.2) is 0 Å². The maximum absolute atomic E-state index is 12.4. The molecule has 0 aliphatic rings. The topological polar surface area (TPSA) is 46.3 Å². The van der Waals surface area contributed by atoms with Gasteiger partial charge < -0.3 is 4.42 Å². The number of unbranched alkanes of at least 4 members (excludes halogenated alkanes) is 1. The number of hydrogen-bond acceptors (Lipinski definition) is 3. The van der Waals surface area contributed by atoms with Gasteiger partial charge in [0, 0.05) is 6.42 Å². The highest BCUT2D eigenvalue weighted by Gasteiger charge is 2.20. The molecule has 1 heterocycles. The lowest BCUT2D eigenvalue weighted by atomic mass is 10.2. The number of carbonyl (C=O) groups excluding carboxylic acids is 1. The van der Waals surface area contributed by atoms with Crippen molar-refractivity contribution < 1.29 is 9.21 Å². The molecule has 2 aromatic rings. The highest BCUT2D eigenvalue weighted by molar-refractivity contribution is 5.91. The first-order valence-corrected chi connectivity index (χ1v) is 7.08. The van der Waals surface area contributed by atoms with Gasteiger partial charge in [-0.3, -0.25) is 9.69 Å². The molecule has 0 bridgehead atoms. The van der Waals surface area contributed by atoms with Crippen LogP contribution in [-0.2, 0) is 11.3 Å². The lowest BCUT2D eigenvalue weighted by Gasteiger charge is -2.18. The Kier molecular flexibility index (Phi) is 5.32. The van der Waals surface area contributed by atoms with Gasteiger partial charge in [0.1, 0.15) is 6.26 Å². The van der Waals surface area contributed by atoms with Gasteiger partial charge in [-0.1, -0.05) is 36.4 Å². The maximum atomic E-state index is 12.4. The summed E-state index contributed by atoms with van der Waals surface area (Å²) in [6.07, 6.45) is 5.46. The van der Waals surface area contributed by atoms with Crippen LogP contribution in [0.25, 0.3) is 0 Å². The maximum Gasteiger partial charge on any atom is 0.304 e. The van der Waals surface area contributed by atoms with Gasteiger partial charge in [0.25, 0.3) is 0 Å². The highest BCUT2D eigenvalue weighted by atomic mass is 16.4. The number of anilines is 1. The van der Waals surface area contributed by atoms with E-state index in [1.165, 1.54) is 0 Å². The van der Waals surface area contributed by atoms with Crippen molar-refractivity contribution in [1.29, 1.82) is 0 Å². The third-order valence-corrected chi connectivity index (χ3v) is 3.12. The van der Waals surface area contributed by atoms with E-state index in [0.717, 1.165) is 24.1 Å². The molecule has 21 heavy (non-hydrogen) atoms. The molecule has 2 rings (SSSR count). The molecule has 110 valence electrons. The summed E-state index contributed by atoms with van der Waals surface area (Å²) in [4.78, 5) is 18.3. The first-order chi connectivity index (χ1) is 10.2. The molecular weight excluding hydrogens is 264 g/mol. The molecule has 4 nitrogen and oxygen atoms in total. The SMILES string of the molecule is C=CCCCC(=O)N(Cc1ccccc1)c1nc(C)co1. The third kappa shape index (κ3) is 4.31. The average Bonchev–Trinajstić information content (AvgIpc) is 2.92. The van der Waals surface area contributed by atoms with Crippen LogP contribution in [0.5, 0.6) is 0 Å². The largest absolute Gasteiger partial charge is 0.431 e. The molecule has 0 atom stereocenters. The number of allylic oxidation sites excluding steroid dienone is 1. The summed E-state index contributed by atoms with van der Waals surface area (Å²) in [6, 6.07) is 10.2. The van der Waals surface area contributed by atoms with Crippen molar-refractivity contribution in [2.24, 2.45) is 0 Å². The minimum absolute atomic E-state index is 0.0163. The molecule has 0 saturated carbocycles. The fraction of sp³-hybridized carbons (Fsp3) is 0.294. The third-order valence-electron chi connectivity index (χ3n) is 3.12. The minimum Gasteiger partial charge on any atom is -0.431 e. The Morgan fingerprint density at radius 1 is 1.38 bits per heavy atom. The van der Waals surface area contributed by atoms with Crippen LogP contribution in [0, 0.1) is 6.92 Å². The summed E-state index contributed by atoms with van der Waals surface area (Å²) >= 11 is 0. The van der Waals surface area contributed by atoms with Crippen molar-refractivity contribution in [3.05, 3.63) is 60.5 Å². The van der Waals surface area contributed by atoms with Gasteiger partial charge in [-0.25, -0.2) is 0 Å². The van der Waals surface area contributed by atoms with Crippen LogP contribution >= 0.6 is 0 Å². The van der Waals surface area contributed by atoms with Crippen molar-refractivity contribution in [1.82, 2.24) is 4.98 Å². The predicted molar refractivity (Wildman–Crippen MR) is 82.9 cm³/mol. The number of aromatic nitrogens is 1. The van der Waals surface area contributed by atoms with Gasteiger partial charge in [-0.15, -0.1) is 6.58 Å². The van der Waals surface area contributed by atoms with Crippen molar-refractivity contribution in [2.45, 2.75) is 32.7 Å². The van der Waals surface area contributed by atoms with Crippen molar-refractivity contribution in [3.63, 3.8) is 0 Å².